The molecule has 1 N–H and O–H groups in total. The molecule has 0 aromatic heterocycles. The van der Waals surface area contributed by atoms with Gasteiger partial charge in [0, 0.05) is 18.2 Å². The van der Waals surface area contributed by atoms with Gasteiger partial charge in [0.1, 0.15) is 0 Å². The summed E-state index contributed by atoms with van der Waals surface area (Å²) in [6.45, 7) is 5.45. The average molecular weight is 268 g/mol. The van der Waals surface area contributed by atoms with Crippen molar-refractivity contribution in [3.8, 4) is 0 Å². The van der Waals surface area contributed by atoms with Crippen LogP contribution in [0.15, 0.2) is 4.99 Å². The van der Waals surface area contributed by atoms with Gasteiger partial charge in [0.15, 0.2) is 5.17 Å². The Morgan fingerprint density at radius 1 is 1.47 bits per heavy atom. The number of amidine groups is 1. The van der Waals surface area contributed by atoms with Crippen molar-refractivity contribution < 1.29 is 13.2 Å². The molecule has 0 saturated carbocycles. The van der Waals surface area contributed by atoms with Gasteiger partial charge in [0.2, 0.25) is 0 Å². The Morgan fingerprint density at radius 3 is 2.76 bits per heavy atom. The standard InChI is InChI=1S/C11H19F3N2S/c1-8(2)6-9-7-16-10(17-9)15-5-3-4-11(12,13)14/h8-9H,3-7H2,1-2H3,(H,15,16). The molecule has 6 heteroatoms. The first-order valence-corrected chi connectivity index (χ1v) is 6.76. The van der Waals surface area contributed by atoms with Gasteiger partial charge < -0.3 is 5.32 Å². The van der Waals surface area contributed by atoms with Gasteiger partial charge in [-0.2, -0.15) is 13.2 Å². The Bertz CT molecular complexity index is 264. The molecule has 0 amide bonds. The van der Waals surface area contributed by atoms with E-state index in [1.807, 2.05) is 0 Å². The van der Waals surface area contributed by atoms with Crippen molar-refractivity contribution in [1.82, 2.24) is 5.32 Å². The van der Waals surface area contributed by atoms with Gasteiger partial charge in [-0.05, 0) is 18.8 Å². The van der Waals surface area contributed by atoms with Gasteiger partial charge in [-0.3, -0.25) is 4.99 Å². The molecule has 0 saturated heterocycles. The maximum absolute atomic E-state index is 11.9. The van der Waals surface area contributed by atoms with Crippen molar-refractivity contribution in [3.05, 3.63) is 0 Å². The normalized spacial score (nSPS) is 20.8. The molecule has 1 rings (SSSR count). The van der Waals surface area contributed by atoms with Crippen molar-refractivity contribution in [2.24, 2.45) is 10.9 Å². The lowest BCUT2D eigenvalue weighted by atomic mass is 10.1. The number of nitrogens with one attached hydrogen (secondary N) is 1. The fourth-order valence-electron chi connectivity index (χ4n) is 1.65. The average Bonchev–Trinajstić information content (AvgIpc) is 2.58. The van der Waals surface area contributed by atoms with E-state index in [9.17, 15) is 13.2 Å². The minimum atomic E-state index is -4.05. The molecule has 0 fully saturated rings. The van der Waals surface area contributed by atoms with Crippen LogP contribution in [0.25, 0.3) is 0 Å². The predicted octanol–water partition coefficient (Wildman–Crippen LogP) is 3.44. The Labute approximate surface area is 104 Å². The molecule has 0 radical (unpaired) electrons. The van der Waals surface area contributed by atoms with Crippen LogP contribution in [0, 0.1) is 5.92 Å². The summed E-state index contributed by atoms with van der Waals surface area (Å²) in [5.74, 6) is 0.632. The van der Waals surface area contributed by atoms with Crippen LogP contribution in [-0.4, -0.2) is 29.7 Å². The first-order valence-electron chi connectivity index (χ1n) is 5.88. The fourth-order valence-corrected chi connectivity index (χ4v) is 2.93. The molecular weight excluding hydrogens is 249 g/mol. The zero-order chi connectivity index (χ0) is 12.9. The summed E-state index contributed by atoms with van der Waals surface area (Å²) in [5, 5.41) is 4.26. The molecule has 0 aromatic carbocycles. The maximum atomic E-state index is 11.9. The minimum absolute atomic E-state index is 0.109. The summed E-state index contributed by atoms with van der Waals surface area (Å²) in [4.78, 5) is 4.29. The van der Waals surface area contributed by atoms with E-state index in [-0.39, 0.29) is 6.42 Å². The largest absolute Gasteiger partial charge is 0.389 e. The van der Waals surface area contributed by atoms with E-state index < -0.39 is 12.6 Å². The number of halogens is 3. The third-order valence-electron chi connectivity index (χ3n) is 2.36. The van der Waals surface area contributed by atoms with Gasteiger partial charge in [0.05, 0.1) is 6.54 Å². The van der Waals surface area contributed by atoms with Gasteiger partial charge in [0.25, 0.3) is 0 Å². The first-order chi connectivity index (χ1) is 7.87. The van der Waals surface area contributed by atoms with E-state index >= 15 is 0 Å². The molecule has 0 aromatic rings. The molecule has 17 heavy (non-hydrogen) atoms. The van der Waals surface area contributed by atoms with Crippen molar-refractivity contribution >= 4 is 16.9 Å². The zero-order valence-electron chi connectivity index (χ0n) is 10.2. The smallest absolute Gasteiger partial charge is 0.365 e. The third-order valence-corrected chi connectivity index (χ3v) is 3.54. The van der Waals surface area contributed by atoms with E-state index in [4.69, 9.17) is 0 Å². The zero-order valence-corrected chi connectivity index (χ0v) is 11.0. The van der Waals surface area contributed by atoms with Crippen LogP contribution in [0.2, 0.25) is 0 Å². The molecule has 100 valence electrons. The van der Waals surface area contributed by atoms with Crippen LogP contribution in [0.1, 0.15) is 33.1 Å². The molecule has 0 aliphatic carbocycles. The first kappa shape index (κ1) is 14.7. The minimum Gasteiger partial charge on any atom is -0.365 e. The number of aliphatic imine (C=N–C) groups is 1. The highest BCUT2D eigenvalue weighted by Crippen LogP contribution is 2.25. The Hall–Kier alpha value is -0.390. The number of thioether (sulfide) groups is 1. The lowest BCUT2D eigenvalue weighted by Crippen LogP contribution is -2.22. The monoisotopic (exact) mass is 268 g/mol. The third kappa shape index (κ3) is 6.81. The summed E-state index contributed by atoms with van der Waals surface area (Å²) >= 11 is 1.65. The molecule has 1 atom stereocenters. The van der Waals surface area contributed by atoms with Crippen molar-refractivity contribution in [3.63, 3.8) is 0 Å². The Morgan fingerprint density at radius 2 is 2.18 bits per heavy atom. The van der Waals surface area contributed by atoms with E-state index in [1.165, 1.54) is 0 Å². The Kier molecular flexibility index (Phi) is 5.62. The highest BCUT2D eigenvalue weighted by Gasteiger charge is 2.26. The summed E-state index contributed by atoms with van der Waals surface area (Å²) in [6.07, 6.45) is -3.57. The number of rotatable bonds is 5. The number of hydrogen-bond donors (Lipinski definition) is 1. The number of alkyl halides is 3. The fraction of sp³-hybridized carbons (Fsp3) is 0.909. The SMILES string of the molecule is CC(C)CC1CN=C(NCCCC(F)(F)F)S1. The predicted molar refractivity (Wildman–Crippen MR) is 66.4 cm³/mol. The van der Waals surface area contributed by atoms with E-state index in [0.29, 0.717) is 17.7 Å². The van der Waals surface area contributed by atoms with Gasteiger partial charge in [-0.1, -0.05) is 25.6 Å². The molecule has 1 heterocycles. The summed E-state index contributed by atoms with van der Waals surface area (Å²) in [7, 11) is 0. The van der Waals surface area contributed by atoms with Gasteiger partial charge >= 0.3 is 6.18 Å². The van der Waals surface area contributed by atoms with Crippen molar-refractivity contribution in [1.29, 1.82) is 0 Å². The second kappa shape index (κ2) is 6.52. The summed E-state index contributed by atoms with van der Waals surface area (Å²) in [6, 6.07) is 0. The quantitative estimate of drug-likeness (QED) is 0.772. The molecule has 1 aliphatic rings. The Balaban J connectivity index is 2.10. The van der Waals surface area contributed by atoms with Crippen molar-refractivity contribution in [2.45, 2.75) is 44.5 Å². The van der Waals surface area contributed by atoms with Crippen molar-refractivity contribution in [2.75, 3.05) is 13.1 Å². The second-order valence-corrected chi connectivity index (χ2v) is 5.95. The highest BCUT2D eigenvalue weighted by molar-refractivity contribution is 8.14. The summed E-state index contributed by atoms with van der Waals surface area (Å²) in [5.41, 5.74) is 0. The van der Waals surface area contributed by atoms with Crippen LogP contribution in [0.4, 0.5) is 13.2 Å². The van der Waals surface area contributed by atoms with Crippen LogP contribution in [0.3, 0.4) is 0 Å². The topological polar surface area (TPSA) is 24.4 Å². The molecule has 0 spiro atoms. The molecule has 1 unspecified atom stereocenters. The van der Waals surface area contributed by atoms with E-state index in [0.717, 1.165) is 18.1 Å². The van der Waals surface area contributed by atoms with Crippen LogP contribution >= 0.6 is 11.8 Å². The number of hydrogen-bond acceptors (Lipinski definition) is 3. The summed E-state index contributed by atoms with van der Waals surface area (Å²) < 4.78 is 35.7. The molecular formula is C11H19F3N2S. The number of nitrogens with zero attached hydrogens (tertiary/aromatic N) is 1. The van der Waals surface area contributed by atoms with E-state index in [1.54, 1.807) is 11.8 Å². The lowest BCUT2D eigenvalue weighted by molar-refractivity contribution is -0.135. The highest BCUT2D eigenvalue weighted by atomic mass is 32.2. The lowest BCUT2D eigenvalue weighted by Gasteiger charge is -2.11. The van der Waals surface area contributed by atoms with Crippen LogP contribution in [0.5, 0.6) is 0 Å². The van der Waals surface area contributed by atoms with Crippen LogP contribution in [-0.2, 0) is 0 Å². The van der Waals surface area contributed by atoms with Gasteiger partial charge in [-0.25, -0.2) is 0 Å². The van der Waals surface area contributed by atoms with E-state index in [2.05, 4.69) is 24.2 Å². The van der Waals surface area contributed by atoms with Crippen LogP contribution < -0.4 is 5.32 Å². The molecule has 0 bridgehead atoms. The van der Waals surface area contributed by atoms with Gasteiger partial charge in [-0.15, -0.1) is 0 Å². The maximum Gasteiger partial charge on any atom is 0.389 e. The molecule has 1 aliphatic heterocycles. The molecule has 2 nitrogen and oxygen atoms in total. The second-order valence-electron chi connectivity index (χ2n) is 4.66.